The van der Waals surface area contributed by atoms with Gasteiger partial charge < -0.3 is 23.4 Å². The summed E-state index contributed by atoms with van der Waals surface area (Å²) in [6.07, 6.45) is 3.92. The van der Waals surface area contributed by atoms with Gasteiger partial charge in [0.1, 0.15) is 17.5 Å². The average Bonchev–Trinajstić information content (AvgIpc) is 3.51. The predicted molar refractivity (Wildman–Crippen MR) is 119 cm³/mol. The van der Waals surface area contributed by atoms with Crippen molar-refractivity contribution in [2.45, 2.75) is 81.3 Å². The molecule has 174 valence electrons. The van der Waals surface area contributed by atoms with E-state index in [1.165, 1.54) is 0 Å². The van der Waals surface area contributed by atoms with Crippen molar-refractivity contribution in [1.82, 2.24) is 15.0 Å². The number of hydrogen-bond donors (Lipinski definition) is 0. The minimum absolute atomic E-state index is 0.0514. The Morgan fingerprint density at radius 2 is 1.88 bits per heavy atom. The second-order valence-electron chi connectivity index (χ2n) is 9.40. The van der Waals surface area contributed by atoms with E-state index in [-0.39, 0.29) is 18.8 Å². The van der Waals surface area contributed by atoms with Crippen LogP contribution in [0.5, 0.6) is 0 Å². The lowest BCUT2D eigenvalue weighted by molar-refractivity contribution is -0.0190. The summed E-state index contributed by atoms with van der Waals surface area (Å²) in [7, 11) is 0. The van der Waals surface area contributed by atoms with Crippen LogP contribution in [0.2, 0.25) is 0 Å². The van der Waals surface area contributed by atoms with Gasteiger partial charge in [-0.2, -0.15) is 4.98 Å². The molecule has 1 aromatic heterocycles. The number of aromatic nitrogens is 2. The van der Waals surface area contributed by atoms with E-state index in [9.17, 15) is 9.35 Å². The second kappa shape index (κ2) is 9.80. The summed E-state index contributed by atoms with van der Waals surface area (Å²) in [5.41, 5.74) is 0.547. The van der Waals surface area contributed by atoms with E-state index in [2.05, 4.69) is 10.1 Å². The highest BCUT2D eigenvalue weighted by atomic mass is 32.2. The number of likely N-dealkylation sites (tertiary alicyclic amines) is 1. The molecule has 32 heavy (non-hydrogen) atoms. The SMILES string of the molecule is CC(C)(C)OC(=O)N1CCC(OCc2noc(Cc3ccc([S+]([O-])C4CC4)cc3)n2)CC1. The maximum atomic E-state index is 12.2. The van der Waals surface area contributed by atoms with Gasteiger partial charge in [0.15, 0.2) is 10.7 Å². The molecule has 0 N–H and O–H groups in total. The smallest absolute Gasteiger partial charge is 0.410 e. The first-order valence-electron chi connectivity index (χ1n) is 11.2. The van der Waals surface area contributed by atoms with Crippen LogP contribution in [0.4, 0.5) is 4.79 Å². The quantitative estimate of drug-likeness (QED) is 0.577. The van der Waals surface area contributed by atoms with Gasteiger partial charge in [0.25, 0.3) is 0 Å². The third-order valence-corrected chi connectivity index (χ3v) is 7.20. The molecule has 0 spiro atoms. The molecule has 1 aromatic carbocycles. The van der Waals surface area contributed by atoms with Gasteiger partial charge in [-0.1, -0.05) is 17.3 Å². The Morgan fingerprint density at radius 3 is 2.50 bits per heavy atom. The molecule has 9 heteroatoms. The summed E-state index contributed by atoms with van der Waals surface area (Å²) < 4.78 is 28.9. The molecule has 1 saturated heterocycles. The van der Waals surface area contributed by atoms with Gasteiger partial charge in [-0.15, -0.1) is 0 Å². The van der Waals surface area contributed by atoms with E-state index >= 15 is 0 Å². The Hall–Kier alpha value is -2.10. The van der Waals surface area contributed by atoms with Gasteiger partial charge in [-0.3, -0.25) is 0 Å². The van der Waals surface area contributed by atoms with Crippen molar-refractivity contribution in [3.8, 4) is 0 Å². The number of piperidine rings is 1. The van der Waals surface area contributed by atoms with Gasteiger partial charge in [0.2, 0.25) is 5.89 Å². The van der Waals surface area contributed by atoms with E-state index in [0.29, 0.717) is 36.5 Å². The normalized spacial score (nSPS) is 18.6. The van der Waals surface area contributed by atoms with Crippen LogP contribution < -0.4 is 0 Å². The molecule has 1 aliphatic carbocycles. The molecule has 2 aliphatic rings. The van der Waals surface area contributed by atoms with Crippen LogP contribution in [0.1, 0.15) is 63.7 Å². The highest BCUT2D eigenvalue weighted by molar-refractivity contribution is 7.92. The average molecular weight is 462 g/mol. The maximum absolute atomic E-state index is 12.2. The van der Waals surface area contributed by atoms with Gasteiger partial charge >= 0.3 is 6.09 Å². The van der Waals surface area contributed by atoms with E-state index in [0.717, 1.165) is 36.1 Å². The fourth-order valence-corrected chi connectivity index (χ4v) is 4.89. The number of nitrogens with zero attached hydrogens (tertiary/aromatic N) is 3. The Morgan fingerprint density at radius 1 is 1.19 bits per heavy atom. The topological polar surface area (TPSA) is 101 Å². The molecule has 2 fully saturated rings. The highest BCUT2D eigenvalue weighted by Crippen LogP contribution is 2.33. The van der Waals surface area contributed by atoms with Crippen LogP contribution in [0.15, 0.2) is 33.7 Å². The molecule has 1 aliphatic heterocycles. The number of ether oxygens (including phenoxy) is 2. The van der Waals surface area contributed by atoms with E-state index in [1.54, 1.807) is 4.90 Å². The molecule has 2 heterocycles. The van der Waals surface area contributed by atoms with Crippen LogP contribution >= 0.6 is 0 Å². The Bertz CT molecular complexity index is 899. The summed E-state index contributed by atoms with van der Waals surface area (Å²) >= 11 is -0.886. The number of rotatable bonds is 7. The molecule has 8 nitrogen and oxygen atoms in total. The van der Waals surface area contributed by atoms with Crippen molar-refractivity contribution >= 4 is 17.3 Å². The van der Waals surface area contributed by atoms with Crippen molar-refractivity contribution in [3.05, 3.63) is 41.5 Å². The third-order valence-electron chi connectivity index (χ3n) is 5.39. The molecule has 4 rings (SSSR count). The fourth-order valence-electron chi connectivity index (χ4n) is 3.54. The highest BCUT2D eigenvalue weighted by Gasteiger charge is 2.35. The van der Waals surface area contributed by atoms with Crippen molar-refractivity contribution in [1.29, 1.82) is 0 Å². The van der Waals surface area contributed by atoms with Gasteiger partial charge in [-0.05, 0) is 62.5 Å². The zero-order chi connectivity index (χ0) is 22.7. The Kier molecular flexibility index (Phi) is 7.07. The number of benzene rings is 1. The molecule has 0 bridgehead atoms. The van der Waals surface area contributed by atoms with Gasteiger partial charge in [-0.25, -0.2) is 4.79 Å². The molecule has 1 saturated carbocycles. The molecular weight excluding hydrogens is 430 g/mol. The maximum Gasteiger partial charge on any atom is 0.410 e. The van der Waals surface area contributed by atoms with E-state index < -0.39 is 16.8 Å². The summed E-state index contributed by atoms with van der Waals surface area (Å²) in [6.45, 7) is 7.10. The first-order chi connectivity index (χ1) is 15.3. The molecule has 0 radical (unpaired) electrons. The summed E-state index contributed by atoms with van der Waals surface area (Å²) in [5.74, 6) is 1.04. The largest absolute Gasteiger partial charge is 0.611 e. The lowest BCUT2D eigenvalue weighted by Gasteiger charge is -2.33. The van der Waals surface area contributed by atoms with Crippen molar-refractivity contribution in [2.75, 3.05) is 13.1 Å². The van der Waals surface area contributed by atoms with Crippen LogP contribution in [0.25, 0.3) is 0 Å². The molecule has 1 atom stereocenters. The minimum Gasteiger partial charge on any atom is -0.611 e. The minimum atomic E-state index is -0.886. The molecule has 2 aromatic rings. The number of carbonyl (C=O) groups excluding carboxylic acids is 1. The van der Waals surface area contributed by atoms with Crippen LogP contribution in [-0.4, -0.2) is 55.7 Å². The zero-order valence-corrected chi connectivity index (χ0v) is 19.7. The third kappa shape index (κ3) is 6.46. The van der Waals surface area contributed by atoms with Crippen LogP contribution in [-0.2, 0) is 33.7 Å². The summed E-state index contributed by atoms with van der Waals surface area (Å²) in [4.78, 5) is 19.2. The predicted octanol–water partition coefficient (Wildman–Crippen LogP) is 3.85. The first-order valence-corrected chi connectivity index (χ1v) is 12.4. The lowest BCUT2D eigenvalue weighted by atomic mass is 10.1. The number of amides is 1. The summed E-state index contributed by atoms with van der Waals surface area (Å²) in [5, 5.41) is 4.35. The van der Waals surface area contributed by atoms with Gasteiger partial charge in [0.05, 0.1) is 12.5 Å². The van der Waals surface area contributed by atoms with E-state index in [4.69, 9.17) is 14.0 Å². The molecular formula is C23H31N3O5S. The number of hydrogen-bond acceptors (Lipinski definition) is 7. The monoisotopic (exact) mass is 461 g/mol. The second-order valence-corrected chi connectivity index (χ2v) is 11.1. The molecule has 1 amide bonds. The first kappa shape index (κ1) is 23.1. The summed E-state index contributed by atoms with van der Waals surface area (Å²) in [6, 6.07) is 7.78. The zero-order valence-electron chi connectivity index (χ0n) is 18.9. The van der Waals surface area contributed by atoms with Crippen molar-refractivity contribution in [2.24, 2.45) is 0 Å². The molecule has 1 unspecified atom stereocenters. The standard InChI is InChI=1S/C23H31N3O5S/c1-23(2,3)30-22(27)26-12-10-17(11-13-26)29-15-20-24-21(31-25-20)14-16-4-6-18(7-5-16)32(28)19-8-9-19/h4-7,17,19H,8-15H2,1-3H3. The van der Waals surface area contributed by atoms with Crippen molar-refractivity contribution < 1.29 is 23.3 Å². The van der Waals surface area contributed by atoms with Crippen LogP contribution in [0.3, 0.4) is 0 Å². The van der Waals surface area contributed by atoms with E-state index in [1.807, 2.05) is 45.0 Å². The van der Waals surface area contributed by atoms with Crippen molar-refractivity contribution in [3.63, 3.8) is 0 Å². The van der Waals surface area contributed by atoms with Crippen LogP contribution in [0, 0.1) is 0 Å². The Labute approximate surface area is 191 Å². The number of carbonyl (C=O) groups is 1. The van der Waals surface area contributed by atoms with Gasteiger partial charge in [0, 0.05) is 25.9 Å². The Balaban J connectivity index is 1.20. The fraction of sp³-hybridized carbons (Fsp3) is 0.609. The lowest BCUT2D eigenvalue weighted by Crippen LogP contribution is -2.43.